The molecule has 0 aliphatic heterocycles. The summed E-state index contributed by atoms with van der Waals surface area (Å²) in [6.07, 6.45) is 0. The Kier molecular flexibility index (Phi) is 4.52. The van der Waals surface area contributed by atoms with Crippen LogP contribution < -0.4 is 9.47 Å². The van der Waals surface area contributed by atoms with Crippen LogP contribution in [0.1, 0.15) is 28.8 Å². The highest BCUT2D eigenvalue weighted by atomic mass is 16.5. The van der Waals surface area contributed by atoms with Crippen molar-refractivity contribution in [3.63, 3.8) is 0 Å². The second kappa shape index (κ2) is 6.75. The molecule has 0 amide bonds. The minimum absolute atomic E-state index is 0.0907. The third-order valence-electron chi connectivity index (χ3n) is 4.37. The molecule has 0 saturated heterocycles. The van der Waals surface area contributed by atoms with Crippen molar-refractivity contribution in [2.45, 2.75) is 12.8 Å². The van der Waals surface area contributed by atoms with Gasteiger partial charge < -0.3 is 9.47 Å². The van der Waals surface area contributed by atoms with Gasteiger partial charge in [-0.25, -0.2) is 0 Å². The maximum atomic E-state index is 12.9. The molecule has 1 atom stereocenters. The molecule has 3 aromatic rings. The Balaban J connectivity index is 2.01. The molecule has 0 spiro atoms. The van der Waals surface area contributed by atoms with Crippen LogP contribution in [0.3, 0.4) is 0 Å². The topological polar surface area (TPSA) is 35.5 Å². The van der Waals surface area contributed by atoms with Crippen molar-refractivity contribution in [1.29, 1.82) is 0 Å². The number of methoxy groups -OCH3 is 2. The highest BCUT2D eigenvalue weighted by Gasteiger charge is 2.19. The van der Waals surface area contributed by atoms with E-state index in [9.17, 15) is 4.79 Å². The van der Waals surface area contributed by atoms with Crippen molar-refractivity contribution in [2.24, 2.45) is 0 Å². The van der Waals surface area contributed by atoms with E-state index in [0.717, 1.165) is 27.8 Å². The van der Waals surface area contributed by atoms with Crippen LogP contribution in [0.2, 0.25) is 0 Å². The Labute approximate surface area is 141 Å². The van der Waals surface area contributed by atoms with E-state index in [-0.39, 0.29) is 11.7 Å². The van der Waals surface area contributed by atoms with Gasteiger partial charge in [0.15, 0.2) is 5.78 Å². The molecule has 0 fully saturated rings. The fourth-order valence-corrected chi connectivity index (χ4v) is 3.01. The quantitative estimate of drug-likeness (QED) is 0.631. The van der Waals surface area contributed by atoms with Crippen LogP contribution in [0.4, 0.5) is 0 Å². The summed E-state index contributed by atoms with van der Waals surface area (Å²) in [5.41, 5.74) is 1.69. The van der Waals surface area contributed by atoms with E-state index < -0.39 is 0 Å². The zero-order chi connectivity index (χ0) is 17.1. The number of carbonyl (C=O) groups is 1. The number of rotatable bonds is 5. The molecule has 0 radical (unpaired) electrons. The number of benzene rings is 3. The molecule has 3 nitrogen and oxygen atoms in total. The summed E-state index contributed by atoms with van der Waals surface area (Å²) < 4.78 is 10.6. The van der Waals surface area contributed by atoms with Crippen LogP contribution in [0, 0.1) is 0 Å². The molecule has 0 aliphatic rings. The predicted molar refractivity (Wildman–Crippen MR) is 96.2 cm³/mol. The van der Waals surface area contributed by atoms with Gasteiger partial charge in [0.1, 0.15) is 11.5 Å². The summed E-state index contributed by atoms with van der Waals surface area (Å²) in [5.74, 6) is 1.41. The second-order valence-electron chi connectivity index (χ2n) is 5.72. The molecule has 0 heterocycles. The second-order valence-corrected chi connectivity index (χ2v) is 5.72. The Morgan fingerprint density at radius 3 is 2.17 bits per heavy atom. The molecular weight excluding hydrogens is 300 g/mol. The van der Waals surface area contributed by atoms with Gasteiger partial charge in [-0.15, -0.1) is 0 Å². The summed E-state index contributed by atoms with van der Waals surface area (Å²) >= 11 is 0. The molecule has 0 aliphatic carbocycles. The molecule has 3 heteroatoms. The van der Waals surface area contributed by atoms with Crippen LogP contribution in [0.15, 0.2) is 60.7 Å². The lowest BCUT2D eigenvalue weighted by atomic mass is 9.88. The van der Waals surface area contributed by atoms with Crippen molar-refractivity contribution in [3.05, 3.63) is 71.8 Å². The van der Waals surface area contributed by atoms with Crippen molar-refractivity contribution in [2.75, 3.05) is 14.2 Å². The number of hydrogen-bond acceptors (Lipinski definition) is 3. The summed E-state index contributed by atoms with van der Waals surface area (Å²) in [5, 5.41) is 2.07. The van der Waals surface area contributed by atoms with E-state index in [1.807, 2.05) is 67.6 Å². The SMILES string of the molecule is COc1ccc(C(=O)[C@@H](C)c2cccc3c(OC)cccc23)cc1. The Hall–Kier alpha value is -2.81. The van der Waals surface area contributed by atoms with Crippen LogP contribution in [0.5, 0.6) is 11.5 Å². The first kappa shape index (κ1) is 16.1. The van der Waals surface area contributed by atoms with Gasteiger partial charge in [0.05, 0.1) is 14.2 Å². The highest BCUT2D eigenvalue weighted by Crippen LogP contribution is 2.32. The number of ketones is 1. The Morgan fingerprint density at radius 2 is 1.50 bits per heavy atom. The van der Waals surface area contributed by atoms with Gasteiger partial charge in [0, 0.05) is 16.9 Å². The summed E-state index contributed by atoms with van der Waals surface area (Å²) in [4.78, 5) is 12.9. The van der Waals surface area contributed by atoms with Crippen LogP contribution in [-0.2, 0) is 0 Å². The summed E-state index contributed by atoms with van der Waals surface area (Å²) in [6, 6.07) is 19.2. The largest absolute Gasteiger partial charge is 0.497 e. The van der Waals surface area contributed by atoms with E-state index in [1.54, 1.807) is 14.2 Å². The van der Waals surface area contributed by atoms with Gasteiger partial charge in [-0.2, -0.15) is 0 Å². The maximum absolute atomic E-state index is 12.9. The van der Waals surface area contributed by atoms with Gasteiger partial charge in [-0.3, -0.25) is 4.79 Å². The molecule has 0 bridgehead atoms. The monoisotopic (exact) mass is 320 g/mol. The van der Waals surface area contributed by atoms with Crippen molar-refractivity contribution < 1.29 is 14.3 Å². The molecule has 0 aromatic heterocycles. The van der Waals surface area contributed by atoms with E-state index in [4.69, 9.17) is 9.47 Å². The fourth-order valence-electron chi connectivity index (χ4n) is 3.01. The minimum Gasteiger partial charge on any atom is -0.497 e. The van der Waals surface area contributed by atoms with Gasteiger partial charge in [0.25, 0.3) is 0 Å². The lowest BCUT2D eigenvalue weighted by molar-refractivity contribution is 0.0966. The van der Waals surface area contributed by atoms with Crippen molar-refractivity contribution in [3.8, 4) is 11.5 Å². The fraction of sp³-hybridized carbons (Fsp3) is 0.190. The van der Waals surface area contributed by atoms with E-state index >= 15 is 0 Å². The lowest BCUT2D eigenvalue weighted by Gasteiger charge is -2.15. The van der Waals surface area contributed by atoms with Gasteiger partial charge in [-0.1, -0.05) is 37.3 Å². The van der Waals surface area contributed by atoms with Crippen LogP contribution in [0.25, 0.3) is 10.8 Å². The van der Waals surface area contributed by atoms with Gasteiger partial charge in [0.2, 0.25) is 0 Å². The van der Waals surface area contributed by atoms with Gasteiger partial charge >= 0.3 is 0 Å². The molecule has 0 saturated carbocycles. The molecule has 122 valence electrons. The average Bonchev–Trinajstić information content (AvgIpc) is 2.65. The molecule has 0 N–H and O–H groups in total. The minimum atomic E-state index is -0.241. The number of hydrogen-bond donors (Lipinski definition) is 0. The highest BCUT2D eigenvalue weighted by molar-refractivity contribution is 6.04. The Morgan fingerprint density at radius 1 is 0.833 bits per heavy atom. The van der Waals surface area contributed by atoms with Crippen LogP contribution >= 0.6 is 0 Å². The van der Waals surface area contributed by atoms with E-state index in [1.165, 1.54) is 0 Å². The smallest absolute Gasteiger partial charge is 0.170 e. The van der Waals surface area contributed by atoms with Crippen molar-refractivity contribution >= 4 is 16.6 Å². The standard InChI is InChI=1S/C21H20O3/c1-14(21(22)15-10-12-16(23-2)13-11-15)17-6-4-8-19-18(17)7-5-9-20(19)24-3/h4-14H,1-3H3/t14-/m0/s1. The third-order valence-corrected chi connectivity index (χ3v) is 4.37. The molecular formula is C21H20O3. The number of carbonyl (C=O) groups excluding carboxylic acids is 1. The molecule has 24 heavy (non-hydrogen) atoms. The van der Waals surface area contributed by atoms with E-state index in [0.29, 0.717) is 5.56 Å². The maximum Gasteiger partial charge on any atom is 0.170 e. The summed E-state index contributed by atoms with van der Waals surface area (Å²) in [6.45, 7) is 1.95. The molecule has 3 rings (SSSR count). The number of Topliss-reactive ketones (excluding diaryl/α,β-unsaturated/α-hetero) is 1. The predicted octanol–water partition coefficient (Wildman–Crippen LogP) is 4.84. The lowest BCUT2D eigenvalue weighted by Crippen LogP contribution is -2.10. The first-order chi connectivity index (χ1) is 11.7. The van der Waals surface area contributed by atoms with Crippen molar-refractivity contribution in [1.82, 2.24) is 0 Å². The third kappa shape index (κ3) is 2.85. The first-order valence-corrected chi connectivity index (χ1v) is 7.89. The average molecular weight is 320 g/mol. The molecule has 0 unspecified atom stereocenters. The van der Waals surface area contributed by atoms with Gasteiger partial charge in [-0.05, 0) is 41.3 Å². The van der Waals surface area contributed by atoms with E-state index in [2.05, 4.69) is 0 Å². The zero-order valence-electron chi connectivity index (χ0n) is 14.1. The zero-order valence-corrected chi connectivity index (χ0v) is 14.1. The number of ether oxygens (including phenoxy) is 2. The Bertz CT molecular complexity index is 866. The first-order valence-electron chi connectivity index (χ1n) is 7.89. The number of fused-ring (bicyclic) bond motifs is 1. The normalized spacial score (nSPS) is 12.0. The van der Waals surface area contributed by atoms with Crippen LogP contribution in [-0.4, -0.2) is 20.0 Å². The molecule has 3 aromatic carbocycles. The summed E-state index contributed by atoms with van der Waals surface area (Å²) in [7, 11) is 3.27.